The van der Waals surface area contributed by atoms with Crippen LogP contribution in [0.4, 0.5) is 16.8 Å². The minimum absolute atomic E-state index is 0.157. The van der Waals surface area contributed by atoms with E-state index in [0.29, 0.717) is 11.9 Å². The number of aromatic nitrogens is 3. The highest BCUT2D eigenvalue weighted by atomic mass is 32.1. The van der Waals surface area contributed by atoms with E-state index in [-0.39, 0.29) is 12.2 Å². The fourth-order valence-corrected chi connectivity index (χ4v) is 4.00. The Kier molecular flexibility index (Phi) is 4.06. The van der Waals surface area contributed by atoms with Crippen LogP contribution in [-0.4, -0.2) is 39.6 Å². The molecule has 2 aliphatic rings. The van der Waals surface area contributed by atoms with E-state index in [0.717, 1.165) is 35.2 Å². The van der Waals surface area contributed by atoms with E-state index in [2.05, 4.69) is 30.6 Å². The summed E-state index contributed by atoms with van der Waals surface area (Å²) in [5.41, 5.74) is 1.84. The first kappa shape index (κ1) is 16.2. The van der Waals surface area contributed by atoms with Gasteiger partial charge < -0.3 is 15.0 Å². The highest BCUT2D eigenvalue weighted by Crippen LogP contribution is 2.48. The molecular weight excluding hydrogens is 336 g/mol. The second-order valence-electron chi connectivity index (χ2n) is 6.80. The third kappa shape index (κ3) is 3.17. The van der Waals surface area contributed by atoms with E-state index in [9.17, 15) is 0 Å². The third-order valence-electron chi connectivity index (χ3n) is 4.77. The van der Waals surface area contributed by atoms with Gasteiger partial charge in [0.05, 0.1) is 24.9 Å². The molecule has 1 aliphatic carbocycles. The highest BCUT2D eigenvalue weighted by molar-refractivity contribution is 7.10. The van der Waals surface area contributed by atoms with Crippen molar-refractivity contribution in [2.45, 2.75) is 32.3 Å². The van der Waals surface area contributed by atoms with Crippen LogP contribution in [0.2, 0.25) is 0 Å². The first-order chi connectivity index (χ1) is 12.1. The number of hydrogen-bond donors (Lipinski definition) is 1. The third-order valence-corrected chi connectivity index (χ3v) is 5.57. The summed E-state index contributed by atoms with van der Waals surface area (Å²) in [5, 5.41) is 13.0. The molecule has 0 bridgehead atoms. The molecule has 1 N–H and O–H groups in total. The normalized spacial score (nSPS) is 18.5. The van der Waals surface area contributed by atoms with E-state index in [4.69, 9.17) is 10.00 Å². The van der Waals surface area contributed by atoms with Gasteiger partial charge in [-0.15, -0.1) is 0 Å². The summed E-state index contributed by atoms with van der Waals surface area (Å²) in [4.78, 5) is 11.3. The van der Waals surface area contributed by atoms with Crippen molar-refractivity contribution in [1.82, 2.24) is 14.3 Å². The molecule has 2 aromatic heterocycles. The number of anilines is 3. The Morgan fingerprint density at radius 1 is 1.44 bits per heavy atom. The topological polar surface area (TPSA) is 87.0 Å². The molecule has 25 heavy (non-hydrogen) atoms. The van der Waals surface area contributed by atoms with Gasteiger partial charge in [0, 0.05) is 11.8 Å². The van der Waals surface area contributed by atoms with Crippen LogP contribution in [0.25, 0.3) is 0 Å². The minimum atomic E-state index is -0.171. The van der Waals surface area contributed by atoms with E-state index in [1.807, 2.05) is 26.1 Å². The quantitative estimate of drug-likeness (QED) is 0.851. The smallest absolute Gasteiger partial charge is 0.229 e. The van der Waals surface area contributed by atoms with Crippen LogP contribution < -0.4 is 10.2 Å². The number of nitrogens with one attached hydrogen (secondary N) is 1. The molecule has 1 saturated heterocycles. The Labute approximate surface area is 150 Å². The van der Waals surface area contributed by atoms with Crippen molar-refractivity contribution >= 4 is 28.3 Å². The number of ether oxygens (including phenoxy) is 1. The van der Waals surface area contributed by atoms with Crippen LogP contribution in [0.3, 0.4) is 0 Å². The van der Waals surface area contributed by atoms with Crippen molar-refractivity contribution in [1.29, 1.82) is 5.26 Å². The lowest BCUT2D eigenvalue weighted by molar-refractivity contribution is -0.0674. The summed E-state index contributed by atoms with van der Waals surface area (Å²) in [6.45, 7) is 5.71. The fraction of sp³-hybridized carbons (Fsp3) is 0.529. The molecule has 130 valence electrons. The van der Waals surface area contributed by atoms with Crippen molar-refractivity contribution in [2.24, 2.45) is 5.92 Å². The van der Waals surface area contributed by atoms with Gasteiger partial charge in [-0.05, 0) is 50.2 Å². The summed E-state index contributed by atoms with van der Waals surface area (Å²) < 4.78 is 10.1. The van der Waals surface area contributed by atoms with Gasteiger partial charge in [0.1, 0.15) is 23.0 Å². The lowest BCUT2D eigenvalue weighted by Gasteiger charge is -2.50. The molecule has 4 rings (SSSR count). The van der Waals surface area contributed by atoms with E-state index >= 15 is 0 Å². The molecule has 7 nitrogen and oxygen atoms in total. The summed E-state index contributed by atoms with van der Waals surface area (Å²) in [6.07, 6.45) is 4.23. The second-order valence-corrected chi connectivity index (χ2v) is 7.60. The van der Waals surface area contributed by atoms with E-state index in [1.54, 1.807) is 0 Å². The van der Waals surface area contributed by atoms with Crippen LogP contribution in [0.15, 0.2) is 12.3 Å². The average Bonchev–Trinajstić information content (AvgIpc) is 3.33. The summed E-state index contributed by atoms with van der Waals surface area (Å²) in [5.74, 6) is 2.08. The van der Waals surface area contributed by atoms with Gasteiger partial charge in [-0.25, -0.2) is 4.98 Å². The lowest BCUT2D eigenvalue weighted by Crippen LogP contribution is -2.65. The van der Waals surface area contributed by atoms with Gasteiger partial charge in [0.2, 0.25) is 5.95 Å². The number of aryl methyl sites for hydroxylation is 2. The SMILES string of the molecule is Cc1cc(Nc2ncc(C)c(N3CC(OCC#N)(C4CC4)C3)n2)sn1. The van der Waals surface area contributed by atoms with Crippen molar-refractivity contribution in [3.8, 4) is 6.07 Å². The molecule has 3 heterocycles. The maximum atomic E-state index is 8.84. The zero-order chi connectivity index (χ0) is 17.4. The van der Waals surface area contributed by atoms with Crippen molar-refractivity contribution in [2.75, 3.05) is 29.9 Å². The molecule has 2 fully saturated rings. The number of rotatable bonds is 6. The molecule has 8 heteroatoms. The van der Waals surface area contributed by atoms with Gasteiger partial charge in [0.15, 0.2) is 0 Å². The van der Waals surface area contributed by atoms with Gasteiger partial charge in [-0.1, -0.05) is 0 Å². The molecule has 0 unspecified atom stereocenters. The highest BCUT2D eigenvalue weighted by Gasteiger charge is 2.55. The molecule has 0 atom stereocenters. The molecule has 2 aromatic rings. The van der Waals surface area contributed by atoms with Crippen LogP contribution in [-0.2, 0) is 4.74 Å². The van der Waals surface area contributed by atoms with Crippen LogP contribution in [0, 0.1) is 31.1 Å². The second kappa shape index (κ2) is 6.24. The number of hydrogen-bond acceptors (Lipinski definition) is 8. The minimum Gasteiger partial charge on any atom is -0.356 e. The molecule has 0 spiro atoms. The Morgan fingerprint density at radius 2 is 2.24 bits per heavy atom. The molecule has 1 aliphatic heterocycles. The molecule has 1 saturated carbocycles. The van der Waals surface area contributed by atoms with Crippen molar-refractivity contribution in [3.05, 3.63) is 23.5 Å². The Bertz CT molecular complexity index is 819. The van der Waals surface area contributed by atoms with Gasteiger partial charge in [-0.3, -0.25) is 0 Å². The first-order valence-corrected chi connectivity index (χ1v) is 9.17. The van der Waals surface area contributed by atoms with Gasteiger partial charge in [-0.2, -0.15) is 14.6 Å². The fourth-order valence-electron chi connectivity index (χ4n) is 3.35. The summed E-state index contributed by atoms with van der Waals surface area (Å²) in [6, 6.07) is 4.07. The molecular formula is C17H20N6OS. The predicted molar refractivity (Wildman–Crippen MR) is 96.1 cm³/mol. The monoisotopic (exact) mass is 356 g/mol. The largest absolute Gasteiger partial charge is 0.356 e. The van der Waals surface area contributed by atoms with Crippen LogP contribution in [0.5, 0.6) is 0 Å². The first-order valence-electron chi connectivity index (χ1n) is 8.39. The Morgan fingerprint density at radius 3 is 2.88 bits per heavy atom. The summed E-state index contributed by atoms with van der Waals surface area (Å²) >= 11 is 1.40. The maximum Gasteiger partial charge on any atom is 0.229 e. The van der Waals surface area contributed by atoms with Gasteiger partial charge in [0.25, 0.3) is 0 Å². The Balaban J connectivity index is 1.49. The standard InChI is InChI=1S/C17H20N6OS/c1-11-8-19-16(20-14-7-12(2)22-25-14)21-15(11)23-9-17(10-23,13-3-4-13)24-6-5-18/h7-8,13H,3-4,6,9-10H2,1-2H3,(H,19,20,21). The van der Waals surface area contributed by atoms with Crippen molar-refractivity contribution in [3.63, 3.8) is 0 Å². The van der Waals surface area contributed by atoms with Crippen LogP contribution >= 0.6 is 11.5 Å². The van der Waals surface area contributed by atoms with Gasteiger partial charge >= 0.3 is 0 Å². The summed E-state index contributed by atoms with van der Waals surface area (Å²) in [7, 11) is 0. The number of nitriles is 1. The maximum absolute atomic E-state index is 8.84. The zero-order valence-electron chi connectivity index (χ0n) is 14.3. The van der Waals surface area contributed by atoms with E-state index in [1.165, 1.54) is 24.4 Å². The average molecular weight is 356 g/mol. The Hall–Kier alpha value is -2.24. The van der Waals surface area contributed by atoms with Crippen molar-refractivity contribution < 1.29 is 4.74 Å². The molecule has 0 aromatic carbocycles. The zero-order valence-corrected chi connectivity index (χ0v) is 15.1. The van der Waals surface area contributed by atoms with Crippen LogP contribution in [0.1, 0.15) is 24.1 Å². The molecule has 0 amide bonds. The number of nitrogens with zero attached hydrogens (tertiary/aromatic N) is 5. The van der Waals surface area contributed by atoms with E-state index < -0.39 is 0 Å². The molecule has 0 radical (unpaired) electrons. The lowest BCUT2D eigenvalue weighted by atomic mass is 9.88. The predicted octanol–water partition coefficient (Wildman–Crippen LogP) is 2.80.